The third kappa shape index (κ3) is 10.9. The van der Waals surface area contributed by atoms with Crippen LogP contribution < -0.4 is 15.2 Å². The second-order valence-corrected chi connectivity index (χ2v) is 22.6. The number of ether oxygens (including phenoxy) is 2. The van der Waals surface area contributed by atoms with Gasteiger partial charge in [-0.05, 0) is 62.4 Å². The topological polar surface area (TPSA) is 198 Å². The van der Waals surface area contributed by atoms with Crippen LogP contribution in [0.1, 0.15) is 74.2 Å². The molecular formula is C61H58N7O9S2+. The molecular weight excluding hydrogens is 1040 g/mol. The first-order valence-electron chi connectivity index (χ1n) is 25.5. The maximum Gasteiger partial charge on any atom is 0.356 e. The molecule has 2 aliphatic heterocycles. The van der Waals surface area contributed by atoms with Crippen molar-refractivity contribution in [1.29, 1.82) is 0 Å². The summed E-state index contributed by atoms with van der Waals surface area (Å²) >= 11 is 2.57. The first-order chi connectivity index (χ1) is 37.9. The van der Waals surface area contributed by atoms with Crippen LogP contribution in [0.5, 0.6) is 11.5 Å². The van der Waals surface area contributed by atoms with Crippen LogP contribution in [0.2, 0.25) is 0 Å². The highest BCUT2D eigenvalue weighted by Crippen LogP contribution is 2.44. The van der Waals surface area contributed by atoms with Gasteiger partial charge in [-0.15, -0.1) is 23.1 Å². The van der Waals surface area contributed by atoms with E-state index in [2.05, 4.69) is 15.8 Å². The number of β-lactam (4-membered cyclic amide) rings is 1. The SMILES string of the molecule is C[n+]1cn(CC2=C(C(=O)OC(c3ccccc3)c3ccccc3)N3C(=O)C(NC(=O)/C(=N\OC(C)(C)C(=O)OC(C)(C)C)c4csc(NC(c5ccccc5)(c5ccccc5)c5ccccc5)n4)C3SC2)c2cc(O)c(O)cc21. The van der Waals surface area contributed by atoms with Crippen LogP contribution in [0.3, 0.4) is 0 Å². The standard InChI is InChI=1S/C61H57N7O9S2/c1-59(2,3)76-57(74)60(4,5)77-65-49(44-36-79-58(62-44)64-61(41-26-16-9-17-27-41,42-28-18-10-19-29-42)43-30-20-11-21-31-43)53(71)63-50-54(72)68-51(56(73)75-52(38-22-12-7-13-23-38)39-24-14-8-15-25-39)40(35-78-55(50)68)34-67-37-66(6)45-32-47(69)48(70)33-46(45)67/h7-33,36-37,50,52,55H,34-35H2,1-6H3,(H3-,62,63,64,65,69,70,71)/p+1. The molecule has 402 valence electrons. The Kier molecular flexibility index (Phi) is 14.9. The lowest BCUT2D eigenvalue weighted by molar-refractivity contribution is -0.645. The average Bonchev–Trinajstić information content (AvgIpc) is 4.19. The van der Waals surface area contributed by atoms with E-state index in [0.29, 0.717) is 32.9 Å². The molecule has 2 amide bonds. The van der Waals surface area contributed by atoms with E-state index in [9.17, 15) is 24.6 Å². The molecule has 0 radical (unpaired) electrons. The minimum Gasteiger partial charge on any atom is -0.504 e. The van der Waals surface area contributed by atoms with Crippen molar-refractivity contribution in [3.8, 4) is 11.5 Å². The zero-order valence-corrected chi connectivity index (χ0v) is 45.8. The quantitative estimate of drug-likeness (QED) is 0.0128. The molecule has 2 aliphatic rings. The maximum atomic E-state index is 15.0. The number of phenols is 2. The van der Waals surface area contributed by atoms with Gasteiger partial charge in [0.1, 0.15) is 40.5 Å². The van der Waals surface area contributed by atoms with Crippen molar-refractivity contribution in [2.24, 2.45) is 12.2 Å². The molecule has 4 heterocycles. The second kappa shape index (κ2) is 21.9. The first-order valence-corrected chi connectivity index (χ1v) is 27.4. The van der Waals surface area contributed by atoms with Crippen LogP contribution in [-0.4, -0.2) is 82.5 Å². The summed E-state index contributed by atoms with van der Waals surface area (Å²) in [4.78, 5) is 70.6. The van der Waals surface area contributed by atoms with E-state index < -0.39 is 58.0 Å². The normalized spacial score (nSPS) is 15.8. The Morgan fingerprint density at radius 2 is 1.32 bits per heavy atom. The minimum absolute atomic E-state index is 0.00824. The lowest BCUT2D eigenvalue weighted by Gasteiger charge is -2.49. The van der Waals surface area contributed by atoms with Gasteiger partial charge >= 0.3 is 11.9 Å². The molecule has 79 heavy (non-hydrogen) atoms. The Morgan fingerprint density at radius 3 is 1.86 bits per heavy atom. The molecule has 16 nitrogen and oxygen atoms in total. The summed E-state index contributed by atoms with van der Waals surface area (Å²) in [6.07, 6.45) is 0.916. The van der Waals surface area contributed by atoms with Gasteiger partial charge in [0.15, 0.2) is 39.5 Å². The van der Waals surface area contributed by atoms with Gasteiger partial charge in [-0.1, -0.05) is 157 Å². The summed E-state index contributed by atoms with van der Waals surface area (Å²) in [5, 5.41) is 33.2. The number of thioether (sulfide) groups is 1. The fourth-order valence-corrected chi connectivity index (χ4v) is 11.8. The molecule has 0 saturated carbocycles. The number of aromatic nitrogens is 3. The van der Waals surface area contributed by atoms with E-state index in [1.165, 1.54) is 54.0 Å². The number of hydrogen-bond acceptors (Lipinski definition) is 14. The van der Waals surface area contributed by atoms with Crippen molar-refractivity contribution in [2.75, 3.05) is 11.1 Å². The van der Waals surface area contributed by atoms with Gasteiger partial charge in [0.2, 0.25) is 11.9 Å². The van der Waals surface area contributed by atoms with E-state index >= 15 is 4.79 Å². The molecule has 4 N–H and O–H groups in total. The van der Waals surface area contributed by atoms with Gasteiger partial charge in [0.05, 0.1) is 7.05 Å². The number of nitrogens with zero attached hydrogens (tertiary/aromatic N) is 5. The average molecular weight is 1100 g/mol. The van der Waals surface area contributed by atoms with Crippen molar-refractivity contribution in [1.82, 2.24) is 19.8 Å². The van der Waals surface area contributed by atoms with Crippen LogP contribution >= 0.6 is 23.1 Å². The zero-order chi connectivity index (χ0) is 55.6. The van der Waals surface area contributed by atoms with Crippen LogP contribution in [0.4, 0.5) is 5.13 Å². The number of aryl methyl sites for hydroxylation is 1. The first kappa shape index (κ1) is 53.6. The fourth-order valence-electron chi connectivity index (χ4n) is 9.67. The van der Waals surface area contributed by atoms with E-state index in [0.717, 1.165) is 16.7 Å². The number of thiazole rings is 1. The predicted molar refractivity (Wildman–Crippen MR) is 302 cm³/mol. The number of hydrogen-bond donors (Lipinski definition) is 4. The molecule has 8 aromatic rings. The summed E-state index contributed by atoms with van der Waals surface area (Å²) in [5.74, 6) is -3.31. The number of anilines is 1. The van der Waals surface area contributed by atoms with E-state index in [-0.39, 0.29) is 40.9 Å². The zero-order valence-electron chi connectivity index (χ0n) is 44.2. The van der Waals surface area contributed by atoms with Crippen LogP contribution in [0.15, 0.2) is 192 Å². The number of carbonyl (C=O) groups is 4. The number of benzene rings is 6. The Balaban J connectivity index is 1.00. The number of fused-ring (bicyclic) bond motifs is 2. The van der Waals surface area contributed by atoms with Gasteiger partial charge in [-0.3, -0.25) is 14.5 Å². The van der Waals surface area contributed by atoms with Crippen molar-refractivity contribution in [3.05, 3.63) is 220 Å². The number of aromatic hydroxyl groups is 2. The van der Waals surface area contributed by atoms with Crippen LogP contribution in [0, 0.1) is 0 Å². The predicted octanol–water partition coefficient (Wildman–Crippen LogP) is 9.27. The fraction of sp³-hybridized carbons (Fsp3) is 0.230. The summed E-state index contributed by atoms with van der Waals surface area (Å²) in [7, 11) is 1.79. The van der Waals surface area contributed by atoms with Gasteiger partial charge in [0, 0.05) is 28.8 Å². The largest absolute Gasteiger partial charge is 0.504 e. The maximum absolute atomic E-state index is 15.0. The Hall–Kier alpha value is -8.74. The highest BCUT2D eigenvalue weighted by Gasteiger charge is 2.55. The number of rotatable bonds is 17. The van der Waals surface area contributed by atoms with E-state index in [4.69, 9.17) is 19.3 Å². The number of oxime groups is 1. The lowest BCUT2D eigenvalue weighted by atomic mass is 9.77. The number of esters is 2. The molecule has 2 atom stereocenters. The summed E-state index contributed by atoms with van der Waals surface area (Å²) in [6, 6.07) is 50.2. The third-order valence-corrected chi connectivity index (χ3v) is 15.6. The molecule has 1 saturated heterocycles. The van der Waals surface area contributed by atoms with Gasteiger partial charge in [-0.2, -0.15) is 0 Å². The van der Waals surface area contributed by atoms with Crippen LogP contribution in [-0.2, 0) is 52.6 Å². The van der Waals surface area contributed by atoms with Crippen molar-refractivity contribution < 1.29 is 48.3 Å². The van der Waals surface area contributed by atoms with Crippen molar-refractivity contribution in [3.63, 3.8) is 0 Å². The second-order valence-electron chi connectivity index (χ2n) is 20.7. The molecule has 6 aromatic carbocycles. The minimum atomic E-state index is -1.68. The molecule has 2 unspecified atom stereocenters. The van der Waals surface area contributed by atoms with E-state index in [1.807, 2.05) is 156 Å². The lowest BCUT2D eigenvalue weighted by Crippen LogP contribution is -2.71. The smallest absolute Gasteiger partial charge is 0.356 e. The molecule has 0 spiro atoms. The number of phenolic OH excluding ortho intramolecular Hbond substituents is 2. The number of imidazole rings is 1. The molecule has 18 heteroatoms. The number of amides is 2. The Morgan fingerprint density at radius 1 is 0.785 bits per heavy atom. The Labute approximate surface area is 465 Å². The molecule has 10 rings (SSSR count). The molecule has 1 fully saturated rings. The molecule has 0 bridgehead atoms. The van der Waals surface area contributed by atoms with Crippen molar-refractivity contribution in [2.45, 2.75) is 75.4 Å². The third-order valence-electron chi connectivity index (χ3n) is 13.5. The number of carbonyl (C=O) groups excluding carboxylic acids is 4. The van der Waals surface area contributed by atoms with Gasteiger partial charge in [0.25, 0.3) is 11.8 Å². The molecule has 2 aromatic heterocycles. The van der Waals surface area contributed by atoms with Gasteiger partial charge in [-0.25, -0.2) is 23.7 Å². The highest BCUT2D eigenvalue weighted by atomic mass is 32.2. The summed E-state index contributed by atoms with van der Waals surface area (Å²) < 4.78 is 15.7. The number of nitrogens with one attached hydrogen (secondary N) is 2. The Bertz CT molecular complexity index is 3490. The van der Waals surface area contributed by atoms with Crippen LogP contribution in [0.25, 0.3) is 11.0 Å². The highest BCUT2D eigenvalue weighted by molar-refractivity contribution is 8.00. The van der Waals surface area contributed by atoms with Crippen molar-refractivity contribution >= 4 is 68.7 Å². The summed E-state index contributed by atoms with van der Waals surface area (Å²) in [5.41, 5.74) is 2.12. The van der Waals surface area contributed by atoms with Gasteiger partial charge < -0.3 is 35.2 Å². The monoisotopic (exact) mass is 1100 g/mol. The van der Waals surface area contributed by atoms with E-state index in [1.54, 1.807) is 44.1 Å². The molecule has 0 aliphatic carbocycles. The summed E-state index contributed by atoms with van der Waals surface area (Å²) in [6.45, 7) is 8.22.